The summed E-state index contributed by atoms with van der Waals surface area (Å²) in [6, 6.07) is 4.40. The topological polar surface area (TPSA) is 38.1 Å². The number of hydrogen-bond acceptors (Lipinski definition) is 3. The number of aryl methyl sites for hydroxylation is 3. The molecule has 0 fully saturated rings. The van der Waals surface area contributed by atoms with Crippen molar-refractivity contribution in [2.75, 3.05) is 0 Å². The molecule has 1 N–H and O–H groups in total. The van der Waals surface area contributed by atoms with Crippen LogP contribution in [0.4, 0.5) is 0 Å². The smallest absolute Gasteiger partial charge is 0.0947 e. The number of pyridine rings is 1. The van der Waals surface area contributed by atoms with Crippen LogP contribution in [0.5, 0.6) is 0 Å². The lowest BCUT2D eigenvalue weighted by Gasteiger charge is -2.18. The number of rotatable bonds is 4. The van der Waals surface area contributed by atoms with E-state index in [0.717, 1.165) is 23.5 Å². The lowest BCUT2D eigenvalue weighted by atomic mass is 10.0. The van der Waals surface area contributed by atoms with Gasteiger partial charge >= 0.3 is 0 Å². The van der Waals surface area contributed by atoms with Crippen molar-refractivity contribution < 1.29 is 4.42 Å². The molecule has 96 valence electrons. The van der Waals surface area contributed by atoms with E-state index in [4.69, 9.17) is 4.42 Å². The molecule has 3 heteroatoms. The second kappa shape index (κ2) is 5.36. The average Bonchev–Trinajstić information content (AvgIpc) is 2.77. The monoisotopic (exact) mass is 244 g/mol. The molecule has 2 rings (SSSR count). The number of aromatic nitrogens is 1. The van der Waals surface area contributed by atoms with Gasteiger partial charge in [-0.3, -0.25) is 4.98 Å². The third-order valence-corrected chi connectivity index (χ3v) is 3.21. The minimum absolute atomic E-state index is 0.285. The van der Waals surface area contributed by atoms with E-state index in [0.29, 0.717) is 0 Å². The predicted molar refractivity (Wildman–Crippen MR) is 72.4 cm³/mol. The Balaban J connectivity index is 2.11. The largest absolute Gasteiger partial charge is 0.472 e. The summed E-state index contributed by atoms with van der Waals surface area (Å²) in [6.45, 7) is 9.24. The van der Waals surface area contributed by atoms with Crippen LogP contribution in [0, 0.1) is 20.8 Å². The lowest BCUT2D eigenvalue weighted by molar-refractivity contribution is 0.544. The van der Waals surface area contributed by atoms with Crippen LogP contribution in [0.1, 0.15) is 41.0 Å². The van der Waals surface area contributed by atoms with E-state index in [1.807, 2.05) is 13.0 Å². The van der Waals surface area contributed by atoms with Gasteiger partial charge in [0.15, 0.2) is 0 Å². The van der Waals surface area contributed by atoms with Crippen molar-refractivity contribution in [1.29, 1.82) is 0 Å². The zero-order chi connectivity index (χ0) is 13.1. The lowest BCUT2D eigenvalue weighted by Crippen LogP contribution is -2.20. The second-order valence-electron chi connectivity index (χ2n) is 4.81. The van der Waals surface area contributed by atoms with E-state index in [-0.39, 0.29) is 6.04 Å². The zero-order valence-electron chi connectivity index (χ0n) is 11.4. The molecule has 0 aromatic carbocycles. The van der Waals surface area contributed by atoms with Gasteiger partial charge in [-0.2, -0.15) is 0 Å². The van der Waals surface area contributed by atoms with Crippen LogP contribution in [-0.2, 0) is 6.54 Å². The molecular weight excluding hydrogens is 224 g/mol. The standard InChI is InChI=1S/C15H20N2O/c1-10-7-11(2)17-13(4)15(10)12(3)16-8-14-5-6-18-9-14/h5-7,9,12,16H,8H2,1-4H3. The zero-order valence-corrected chi connectivity index (χ0v) is 11.4. The van der Waals surface area contributed by atoms with E-state index in [1.165, 1.54) is 11.1 Å². The second-order valence-corrected chi connectivity index (χ2v) is 4.81. The molecule has 1 unspecified atom stereocenters. The molecule has 0 aliphatic carbocycles. The highest BCUT2D eigenvalue weighted by molar-refractivity contribution is 5.33. The third-order valence-electron chi connectivity index (χ3n) is 3.21. The maximum atomic E-state index is 5.06. The number of hydrogen-bond donors (Lipinski definition) is 1. The first-order valence-electron chi connectivity index (χ1n) is 6.27. The molecule has 0 amide bonds. The Morgan fingerprint density at radius 3 is 2.72 bits per heavy atom. The van der Waals surface area contributed by atoms with Crippen molar-refractivity contribution in [3.63, 3.8) is 0 Å². The molecule has 0 spiro atoms. The van der Waals surface area contributed by atoms with E-state index < -0.39 is 0 Å². The predicted octanol–water partition coefficient (Wildman–Crippen LogP) is 3.45. The van der Waals surface area contributed by atoms with Crippen molar-refractivity contribution in [2.24, 2.45) is 0 Å². The molecule has 0 aliphatic heterocycles. The molecular formula is C15H20N2O. The van der Waals surface area contributed by atoms with E-state index in [1.54, 1.807) is 12.5 Å². The molecule has 3 nitrogen and oxygen atoms in total. The van der Waals surface area contributed by atoms with Gasteiger partial charge in [-0.05, 0) is 51.0 Å². The molecule has 0 bridgehead atoms. The summed E-state index contributed by atoms with van der Waals surface area (Å²) in [5.74, 6) is 0. The highest BCUT2D eigenvalue weighted by atomic mass is 16.3. The summed E-state index contributed by atoms with van der Waals surface area (Å²) in [4.78, 5) is 4.54. The Kier molecular flexibility index (Phi) is 3.82. The van der Waals surface area contributed by atoms with Crippen molar-refractivity contribution in [3.8, 4) is 0 Å². The van der Waals surface area contributed by atoms with Gasteiger partial charge in [0.2, 0.25) is 0 Å². The van der Waals surface area contributed by atoms with Crippen LogP contribution < -0.4 is 5.32 Å². The maximum absolute atomic E-state index is 5.06. The summed E-state index contributed by atoms with van der Waals surface area (Å²) < 4.78 is 5.06. The van der Waals surface area contributed by atoms with Gasteiger partial charge in [-0.15, -0.1) is 0 Å². The highest BCUT2D eigenvalue weighted by Gasteiger charge is 2.12. The quantitative estimate of drug-likeness (QED) is 0.895. The summed E-state index contributed by atoms with van der Waals surface area (Å²) in [7, 11) is 0. The Morgan fingerprint density at radius 1 is 1.33 bits per heavy atom. The van der Waals surface area contributed by atoms with E-state index in [2.05, 4.69) is 37.1 Å². The van der Waals surface area contributed by atoms with Crippen LogP contribution in [0.2, 0.25) is 0 Å². The molecule has 2 aromatic heterocycles. The van der Waals surface area contributed by atoms with Crippen LogP contribution in [0.15, 0.2) is 29.1 Å². The van der Waals surface area contributed by atoms with Gasteiger partial charge in [-0.1, -0.05) is 0 Å². The fourth-order valence-electron chi connectivity index (χ4n) is 2.45. The van der Waals surface area contributed by atoms with Crippen LogP contribution in [0.3, 0.4) is 0 Å². The van der Waals surface area contributed by atoms with Crippen molar-refractivity contribution >= 4 is 0 Å². The SMILES string of the molecule is Cc1cc(C)c(C(C)NCc2ccoc2)c(C)n1. The molecule has 18 heavy (non-hydrogen) atoms. The van der Waals surface area contributed by atoms with Gasteiger partial charge < -0.3 is 9.73 Å². The Labute approximate surface area is 108 Å². The summed E-state index contributed by atoms with van der Waals surface area (Å²) in [5, 5.41) is 3.50. The first-order chi connectivity index (χ1) is 8.58. The first kappa shape index (κ1) is 12.8. The number of furan rings is 1. The van der Waals surface area contributed by atoms with Crippen molar-refractivity contribution in [3.05, 3.63) is 52.7 Å². The van der Waals surface area contributed by atoms with Gasteiger partial charge in [-0.25, -0.2) is 0 Å². The third kappa shape index (κ3) is 2.79. The minimum Gasteiger partial charge on any atom is -0.472 e. The summed E-state index contributed by atoms with van der Waals surface area (Å²) in [5.41, 5.74) is 5.95. The number of nitrogens with zero attached hydrogens (tertiary/aromatic N) is 1. The van der Waals surface area contributed by atoms with Crippen molar-refractivity contribution in [1.82, 2.24) is 10.3 Å². The fraction of sp³-hybridized carbons (Fsp3) is 0.400. The molecule has 0 saturated heterocycles. The normalized spacial score (nSPS) is 12.7. The molecule has 2 aromatic rings. The van der Waals surface area contributed by atoms with Gasteiger partial charge in [0.1, 0.15) is 0 Å². The molecule has 1 atom stereocenters. The number of nitrogens with one attached hydrogen (secondary N) is 1. The average molecular weight is 244 g/mol. The maximum Gasteiger partial charge on any atom is 0.0947 e. The van der Waals surface area contributed by atoms with Crippen LogP contribution >= 0.6 is 0 Å². The molecule has 2 heterocycles. The Bertz CT molecular complexity index is 494. The van der Waals surface area contributed by atoms with Gasteiger partial charge in [0.05, 0.1) is 12.5 Å². The summed E-state index contributed by atoms with van der Waals surface area (Å²) >= 11 is 0. The summed E-state index contributed by atoms with van der Waals surface area (Å²) in [6.07, 6.45) is 3.47. The minimum atomic E-state index is 0.285. The highest BCUT2D eigenvalue weighted by Crippen LogP contribution is 2.21. The fourth-order valence-corrected chi connectivity index (χ4v) is 2.45. The molecule has 0 radical (unpaired) electrons. The van der Waals surface area contributed by atoms with E-state index >= 15 is 0 Å². The van der Waals surface area contributed by atoms with Gasteiger partial charge in [0, 0.05) is 29.5 Å². The van der Waals surface area contributed by atoms with Crippen LogP contribution in [-0.4, -0.2) is 4.98 Å². The first-order valence-corrected chi connectivity index (χ1v) is 6.27. The van der Waals surface area contributed by atoms with Gasteiger partial charge in [0.25, 0.3) is 0 Å². The van der Waals surface area contributed by atoms with Crippen molar-refractivity contribution in [2.45, 2.75) is 40.3 Å². The molecule has 0 saturated carbocycles. The Morgan fingerprint density at radius 2 is 2.11 bits per heavy atom. The Hall–Kier alpha value is -1.61. The van der Waals surface area contributed by atoms with Crippen LogP contribution in [0.25, 0.3) is 0 Å². The molecule has 0 aliphatic rings. The van der Waals surface area contributed by atoms with E-state index in [9.17, 15) is 0 Å².